The van der Waals surface area contributed by atoms with Gasteiger partial charge >= 0.3 is 5.97 Å². The van der Waals surface area contributed by atoms with Crippen molar-refractivity contribution in [2.24, 2.45) is 0 Å². The maximum absolute atomic E-state index is 10.5. The summed E-state index contributed by atoms with van der Waals surface area (Å²) in [6, 6.07) is 0. The van der Waals surface area contributed by atoms with Crippen molar-refractivity contribution in [1.82, 2.24) is 0 Å². The van der Waals surface area contributed by atoms with Crippen molar-refractivity contribution in [3.63, 3.8) is 0 Å². The number of carbonyl (C=O) groups excluding carboxylic acids is 1. The van der Waals surface area contributed by atoms with E-state index in [2.05, 4.69) is 4.74 Å². The van der Waals surface area contributed by atoms with Gasteiger partial charge < -0.3 is 19.3 Å². The van der Waals surface area contributed by atoms with Crippen LogP contribution in [0.25, 0.3) is 0 Å². The maximum atomic E-state index is 10.5. The van der Waals surface area contributed by atoms with Crippen LogP contribution < -0.4 is 0 Å². The third kappa shape index (κ3) is 17.4. The summed E-state index contributed by atoms with van der Waals surface area (Å²) in [6.45, 7) is 2.65. The number of methoxy groups -OCH3 is 1. The smallest absolute Gasteiger partial charge is 0.305 e. The van der Waals surface area contributed by atoms with Gasteiger partial charge in [0.1, 0.15) is 6.61 Å². The molecule has 0 aromatic heterocycles. The van der Waals surface area contributed by atoms with Gasteiger partial charge in [0.05, 0.1) is 19.8 Å². The van der Waals surface area contributed by atoms with Gasteiger partial charge in [0.2, 0.25) is 0 Å². The van der Waals surface area contributed by atoms with Gasteiger partial charge in [-0.2, -0.15) is 0 Å². The summed E-state index contributed by atoms with van der Waals surface area (Å²) in [6.07, 6.45) is 0.389. The maximum Gasteiger partial charge on any atom is 0.305 e. The van der Waals surface area contributed by atoms with E-state index in [1.807, 2.05) is 0 Å². The van der Waals surface area contributed by atoms with Crippen LogP contribution in [0, 0.1) is 0 Å². The Kier molecular flexibility index (Phi) is 16.8. The molecule has 5 nitrogen and oxygen atoms in total. The first kappa shape index (κ1) is 15.8. The Morgan fingerprint density at radius 3 is 2.21 bits per heavy atom. The summed E-state index contributed by atoms with van der Waals surface area (Å²) in [5.74, 6) is -0.224. The number of esters is 1. The van der Waals surface area contributed by atoms with Crippen molar-refractivity contribution in [1.29, 1.82) is 0 Å². The number of rotatable bonds is 6. The van der Waals surface area contributed by atoms with Gasteiger partial charge in [-0.05, 0) is 0 Å². The second kappa shape index (κ2) is 14.9. The second-order valence-electron chi connectivity index (χ2n) is 2.32. The molecular formula is C9H20O5. The molecule has 0 rings (SSSR count). The molecule has 0 spiro atoms. The molecular weight excluding hydrogens is 188 g/mol. The molecule has 0 bridgehead atoms. The average molecular weight is 208 g/mol. The van der Waals surface area contributed by atoms with E-state index in [-0.39, 0.29) is 19.2 Å². The van der Waals surface area contributed by atoms with E-state index >= 15 is 0 Å². The van der Waals surface area contributed by atoms with Crippen molar-refractivity contribution in [2.75, 3.05) is 40.6 Å². The lowest BCUT2D eigenvalue weighted by Crippen LogP contribution is -2.10. The van der Waals surface area contributed by atoms with Crippen molar-refractivity contribution in [3.05, 3.63) is 0 Å². The van der Waals surface area contributed by atoms with Crippen LogP contribution in [0.2, 0.25) is 0 Å². The van der Waals surface area contributed by atoms with Crippen LogP contribution in [0.3, 0.4) is 0 Å². The number of carbonyl (C=O) groups is 1. The summed E-state index contributed by atoms with van der Waals surface area (Å²) < 4.78 is 13.8. The highest BCUT2D eigenvalue weighted by molar-refractivity contribution is 5.68. The van der Waals surface area contributed by atoms with Gasteiger partial charge in [-0.25, -0.2) is 0 Å². The molecule has 0 unspecified atom stereocenters. The van der Waals surface area contributed by atoms with Crippen molar-refractivity contribution in [3.8, 4) is 0 Å². The molecule has 0 aliphatic rings. The van der Waals surface area contributed by atoms with Gasteiger partial charge in [-0.3, -0.25) is 4.79 Å². The third-order valence-electron chi connectivity index (χ3n) is 1.02. The molecule has 0 atom stereocenters. The van der Waals surface area contributed by atoms with Crippen LogP contribution in [-0.2, 0) is 19.0 Å². The Labute approximate surface area is 85.0 Å². The monoisotopic (exact) mass is 208 g/mol. The normalized spacial score (nSPS) is 8.86. The largest absolute Gasteiger partial charge is 0.463 e. The Balaban J connectivity index is 0. The van der Waals surface area contributed by atoms with Crippen molar-refractivity contribution < 1.29 is 24.1 Å². The van der Waals surface area contributed by atoms with Crippen LogP contribution in [-0.4, -0.2) is 51.7 Å². The fourth-order valence-electron chi connectivity index (χ4n) is 0.483. The lowest BCUT2D eigenvalue weighted by Gasteiger charge is -2.02. The van der Waals surface area contributed by atoms with Crippen LogP contribution >= 0.6 is 0 Å². The van der Waals surface area contributed by atoms with E-state index in [1.165, 1.54) is 0 Å². The molecule has 0 heterocycles. The lowest BCUT2D eigenvalue weighted by atomic mass is 10.5. The summed E-state index contributed by atoms with van der Waals surface area (Å²) in [5, 5.41) is 8.29. The van der Waals surface area contributed by atoms with E-state index in [1.54, 1.807) is 21.1 Å². The van der Waals surface area contributed by atoms with Gasteiger partial charge in [0, 0.05) is 20.6 Å². The molecule has 0 aliphatic carbocycles. The molecule has 0 aromatic rings. The topological polar surface area (TPSA) is 65.0 Å². The third-order valence-corrected chi connectivity index (χ3v) is 1.02. The molecule has 1 N–H and O–H groups in total. The summed E-state index contributed by atoms with van der Waals surface area (Å²) >= 11 is 0. The highest BCUT2D eigenvalue weighted by Crippen LogP contribution is 1.84. The van der Waals surface area contributed by atoms with Crippen molar-refractivity contribution in [2.45, 2.75) is 13.3 Å². The molecule has 0 radical (unpaired) electrons. The zero-order valence-corrected chi connectivity index (χ0v) is 9.12. The first-order valence-electron chi connectivity index (χ1n) is 4.47. The van der Waals surface area contributed by atoms with Crippen LogP contribution in [0.4, 0.5) is 0 Å². The summed E-state index contributed by atoms with van der Waals surface area (Å²) in [7, 11) is 3.25. The predicted molar refractivity (Wildman–Crippen MR) is 52.1 cm³/mol. The Morgan fingerprint density at radius 2 is 1.79 bits per heavy atom. The standard InChI is InChI=1S/C7H14O4.C2H6O/c1-2-7(9)11-6-5-10-4-3-8;1-3-2/h8H,2-6H2,1H3;1-2H3. The summed E-state index contributed by atoms with van der Waals surface area (Å²) in [4.78, 5) is 10.5. The van der Waals surface area contributed by atoms with E-state index in [0.717, 1.165) is 0 Å². The van der Waals surface area contributed by atoms with Gasteiger partial charge in [0.15, 0.2) is 0 Å². The minimum absolute atomic E-state index is 0.00171. The number of hydrogen-bond donors (Lipinski definition) is 1. The van der Waals surface area contributed by atoms with E-state index in [9.17, 15) is 4.79 Å². The first-order valence-corrected chi connectivity index (χ1v) is 4.47. The number of aliphatic hydroxyl groups excluding tert-OH is 1. The van der Waals surface area contributed by atoms with Crippen LogP contribution in [0.15, 0.2) is 0 Å². The number of ether oxygens (including phenoxy) is 3. The SMILES string of the molecule is CCC(=O)OCCOCCO.COC. The van der Waals surface area contributed by atoms with Gasteiger partial charge in [-0.1, -0.05) is 6.92 Å². The highest BCUT2D eigenvalue weighted by Gasteiger charge is 1.96. The van der Waals surface area contributed by atoms with Crippen LogP contribution in [0.5, 0.6) is 0 Å². The minimum Gasteiger partial charge on any atom is -0.463 e. The molecule has 5 heteroatoms. The molecule has 86 valence electrons. The molecule has 0 fully saturated rings. The van der Waals surface area contributed by atoms with E-state index in [4.69, 9.17) is 14.6 Å². The lowest BCUT2D eigenvalue weighted by molar-refractivity contribution is -0.144. The Bertz CT molecular complexity index is 116. The van der Waals surface area contributed by atoms with Crippen molar-refractivity contribution >= 4 is 5.97 Å². The molecule has 0 aliphatic heterocycles. The van der Waals surface area contributed by atoms with E-state index < -0.39 is 0 Å². The quantitative estimate of drug-likeness (QED) is 0.499. The fourth-order valence-corrected chi connectivity index (χ4v) is 0.483. The minimum atomic E-state index is -0.224. The molecule has 0 aromatic carbocycles. The molecule has 14 heavy (non-hydrogen) atoms. The van der Waals surface area contributed by atoms with E-state index in [0.29, 0.717) is 19.6 Å². The number of hydrogen-bond acceptors (Lipinski definition) is 5. The predicted octanol–water partition coefficient (Wildman–Crippen LogP) is 0.211. The zero-order valence-electron chi connectivity index (χ0n) is 9.12. The molecule has 0 saturated carbocycles. The van der Waals surface area contributed by atoms with Gasteiger partial charge in [0.25, 0.3) is 0 Å². The average Bonchev–Trinajstić information content (AvgIpc) is 2.18. The second-order valence-corrected chi connectivity index (χ2v) is 2.32. The molecule has 0 saturated heterocycles. The fraction of sp³-hybridized carbons (Fsp3) is 0.889. The highest BCUT2D eigenvalue weighted by atomic mass is 16.6. The van der Waals surface area contributed by atoms with Gasteiger partial charge in [-0.15, -0.1) is 0 Å². The molecule has 0 amide bonds. The zero-order chi connectivity index (χ0) is 11.2. The Hall–Kier alpha value is -0.650. The Morgan fingerprint density at radius 1 is 1.21 bits per heavy atom. The summed E-state index contributed by atoms with van der Waals surface area (Å²) in [5.41, 5.74) is 0. The number of aliphatic hydroxyl groups is 1. The first-order chi connectivity index (χ1) is 6.72. The van der Waals surface area contributed by atoms with Crippen LogP contribution in [0.1, 0.15) is 13.3 Å².